The summed E-state index contributed by atoms with van der Waals surface area (Å²) in [4.78, 5) is 29.5. The summed E-state index contributed by atoms with van der Waals surface area (Å²) in [5.74, 6) is -0.263. The molecule has 372 valence electrons. The number of aromatic amines is 1. The van der Waals surface area contributed by atoms with E-state index in [4.69, 9.17) is 62.3 Å². The number of rotatable bonds is 11. The lowest BCUT2D eigenvalue weighted by Crippen LogP contribution is -2.15. The largest absolute Gasteiger partial charge is 0.287 e. The predicted molar refractivity (Wildman–Crippen MR) is 288 cm³/mol. The second-order valence-electron chi connectivity index (χ2n) is 15.4. The van der Waals surface area contributed by atoms with Crippen LogP contribution in [0.2, 0.25) is 25.1 Å². The van der Waals surface area contributed by atoms with Gasteiger partial charge in [0, 0.05) is 54.4 Å². The second-order valence-corrected chi connectivity index (χ2v) is 20.1. The third kappa shape index (κ3) is 17.6. The third-order valence-electron chi connectivity index (χ3n) is 9.65. The highest BCUT2D eigenvalue weighted by Crippen LogP contribution is 2.36. The van der Waals surface area contributed by atoms with Crippen LogP contribution in [-0.4, -0.2) is 63.9 Å². The Balaban J connectivity index is 0.000000206. The number of aromatic nitrogens is 6. The fourth-order valence-corrected chi connectivity index (χ4v) is 8.35. The molecular formula is C50H49Cl5N8O6S2. The fraction of sp³-hybridized carbons (Fsp3) is 0.200. The second kappa shape index (κ2) is 27.3. The van der Waals surface area contributed by atoms with Gasteiger partial charge in [0.15, 0.2) is 9.84 Å². The molecule has 3 aromatic heterocycles. The van der Waals surface area contributed by atoms with Gasteiger partial charge >= 0.3 is 0 Å². The zero-order valence-electron chi connectivity index (χ0n) is 40.2. The van der Waals surface area contributed by atoms with Crippen LogP contribution in [-0.2, 0) is 19.1 Å². The first kappa shape index (κ1) is 58.0. The number of halogens is 5. The normalized spacial score (nSPS) is 11.3. The molecule has 3 heterocycles. The van der Waals surface area contributed by atoms with Crippen molar-refractivity contribution in [3.8, 4) is 33.4 Å². The monoisotopic (exact) mass is 1100 g/mol. The molecule has 0 saturated heterocycles. The van der Waals surface area contributed by atoms with Gasteiger partial charge in [0.2, 0.25) is 11.2 Å². The number of Topliss-reactive ketones (excluding diaryl/α,β-unsaturated/α-hetero) is 1. The highest BCUT2D eigenvalue weighted by Gasteiger charge is 2.16. The van der Waals surface area contributed by atoms with E-state index in [1.807, 2.05) is 95.3 Å². The number of aryl methyl sites for hydroxylation is 6. The average molecular weight is 1100 g/mol. The van der Waals surface area contributed by atoms with E-state index < -0.39 is 9.84 Å². The SMILES string of the molecule is CC(=NN/C(C)=C/S(C)(=O)=O)C(=O)c1ccc(Cl)cc1.COOSc1c(C)nnc(C)c1-c1ccc(Cl)cc1.Cc1[nH]nc(C)c(=O)c1-c1ccc(Cl)cc1.Cc1nnc(C)c(-c2ccc(Cl)cc2)c1Cl. The molecule has 4 aromatic carbocycles. The highest BCUT2D eigenvalue weighted by atomic mass is 35.5. The van der Waals surface area contributed by atoms with Gasteiger partial charge in [0.1, 0.15) is 11.4 Å². The van der Waals surface area contributed by atoms with Gasteiger partial charge in [0.25, 0.3) is 0 Å². The molecule has 0 saturated carbocycles. The molecular weight excluding hydrogens is 1050 g/mol. The molecule has 0 amide bonds. The number of hydrogen-bond donors (Lipinski definition) is 2. The van der Waals surface area contributed by atoms with Crippen molar-refractivity contribution in [3.63, 3.8) is 0 Å². The van der Waals surface area contributed by atoms with Gasteiger partial charge in [-0.05, 0) is 133 Å². The summed E-state index contributed by atoms with van der Waals surface area (Å²) in [5.41, 5.74) is 13.3. The lowest BCUT2D eigenvalue weighted by Gasteiger charge is -2.12. The molecule has 0 aliphatic rings. The van der Waals surface area contributed by atoms with E-state index in [1.54, 1.807) is 50.2 Å². The molecule has 0 radical (unpaired) electrons. The van der Waals surface area contributed by atoms with Crippen molar-refractivity contribution >= 4 is 91.4 Å². The number of hydrazone groups is 1. The smallest absolute Gasteiger partial charge is 0.211 e. The summed E-state index contributed by atoms with van der Waals surface area (Å²) < 4.78 is 27.0. The van der Waals surface area contributed by atoms with Gasteiger partial charge in [-0.2, -0.15) is 34.9 Å². The minimum atomic E-state index is -3.24. The van der Waals surface area contributed by atoms with E-state index in [0.29, 0.717) is 47.6 Å². The number of nitrogens with zero attached hydrogens (tertiary/aromatic N) is 6. The number of hydrogen-bond acceptors (Lipinski definition) is 14. The summed E-state index contributed by atoms with van der Waals surface area (Å²) in [5, 5.41) is 31.2. The van der Waals surface area contributed by atoms with E-state index in [2.05, 4.69) is 46.0 Å². The maximum Gasteiger partial charge on any atom is 0.211 e. The van der Waals surface area contributed by atoms with Gasteiger partial charge in [-0.25, -0.2) is 13.3 Å². The summed E-state index contributed by atoms with van der Waals surface area (Å²) in [7, 11) is -1.78. The van der Waals surface area contributed by atoms with Crippen molar-refractivity contribution in [1.82, 2.24) is 36.0 Å². The first-order valence-corrected chi connectivity index (χ1v) is 25.6. The Kier molecular flexibility index (Phi) is 22.3. The van der Waals surface area contributed by atoms with Crippen molar-refractivity contribution in [1.29, 1.82) is 0 Å². The Morgan fingerprint density at radius 2 is 1.06 bits per heavy atom. The van der Waals surface area contributed by atoms with E-state index >= 15 is 0 Å². The minimum Gasteiger partial charge on any atom is -0.287 e. The van der Waals surface area contributed by atoms with Crippen LogP contribution in [0.5, 0.6) is 0 Å². The van der Waals surface area contributed by atoms with E-state index in [-0.39, 0.29) is 16.9 Å². The van der Waals surface area contributed by atoms with Gasteiger partial charge < -0.3 is 0 Å². The topological polar surface area (TPSA) is 191 Å². The molecule has 7 rings (SSSR count). The quantitative estimate of drug-likeness (QED) is 0.0409. The zero-order chi connectivity index (χ0) is 52.6. The van der Waals surface area contributed by atoms with Crippen molar-refractivity contribution < 1.29 is 22.4 Å². The summed E-state index contributed by atoms with van der Waals surface area (Å²) in [6.45, 7) is 14.1. The van der Waals surface area contributed by atoms with E-state index in [1.165, 1.54) is 14.0 Å². The van der Waals surface area contributed by atoms with Gasteiger partial charge in [-0.3, -0.25) is 20.1 Å². The summed E-state index contributed by atoms with van der Waals surface area (Å²) >= 11 is 30.7. The van der Waals surface area contributed by atoms with Crippen LogP contribution in [0.25, 0.3) is 33.4 Å². The van der Waals surface area contributed by atoms with Crippen molar-refractivity contribution in [3.05, 3.63) is 183 Å². The molecule has 0 unspecified atom stereocenters. The zero-order valence-corrected chi connectivity index (χ0v) is 45.6. The van der Waals surface area contributed by atoms with Gasteiger partial charge in [-0.1, -0.05) is 94.4 Å². The number of carbonyl (C=O) groups excluding carboxylic acids is 1. The van der Waals surface area contributed by atoms with Crippen LogP contribution in [0.4, 0.5) is 0 Å². The van der Waals surface area contributed by atoms with Crippen LogP contribution < -0.4 is 10.9 Å². The Bertz CT molecular complexity index is 3200. The first-order chi connectivity index (χ1) is 33.5. The molecule has 7 aromatic rings. The van der Waals surface area contributed by atoms with E-state index in [0.717, 1.165) is 84.9 Å². The van der Waals surface area contributed by atoms with Gasteiger partial charge in [-0.15, -0.1) is 0 Å². The van der Waals surface area contributed by atoms with Gasteiger partial charge in [0.05, 0.1) is 62.8 Å². The molecule has 0 aliphatic carbocycles. The van der Waals surface area contributed by atoms with Crippen LogP contribution in [0.1, 0.15) is 58.4 Å². The fourth-order valence-electron chi connectivity index (χ4n) is 6.22. The van der Waals surface area contributed by atoms with Crippen LogP contribution in [0, 0.1) is 41.5 Å². The van der Waals surface area contributed by atoms with E-state index in [9.17, 15) is 18.0 Å². The van der Waals surface area contributed by atoms with Crippen molar-refractivity contribution in [2.45, 2.75) is 60.3 Å². The molecule has 0 aliphatic heterocycles. The maximum atomic E-state index is 12.0. The summed E-state index contributed by atoms with van der Waals surface area (Å²) in [6, 6.07) is 28.7. The molecule has 0 spiro atoms. The van der Waals surface area contributed by atoms with Crippen molar-refractivity contribution in [2.24, 2.45) is 5.10 Å². The highest BCUT2D eigenvalue weighted by molar-refractivity contribution is 7.94. The van der Waals surface area contributed by atoms with Crippen LogP contribution in [0.15, 0.2) is 123 Å². The lowest BCUT2D eigenvalue weighted by molar-refractivity contribution is -0.160. The number of H-pyrrole nitrogens is 1. The summed E-state index contributed by atoms with van der Waals surface area (Å²) in [6.07, 6.45) is 1.08. The molecule has 14 nitrogen and oxygen atoms in total. The number of sulfone groups is 1. The number of nitrogens with one attached hydrogen (secondary N) is 2. The first-order valence-electron chi connectivity index (χ1n) is 21.0. The molecule has 2 N–H and O–H groups in total. The Morgan fingerprint density at radius 3 is 1.54 bits per heavy atom. The minimum absolute atomic E-state index is 0.0430. The average Bonchev–Trinajstić information content (AvgIpc) is 3.33. The molecule has 0 atom stereocenters. The molecule has 0 fully saturated rings. The third-order valence-corrected chi connectivity index (χ3v) is 12.8. The number of benzene rings is 4. The number of allylic oxidation sites excluding steroid dienone is 1. The maximum absolute atomic E-state index is 12.0. The molecule has 71 heavy (non-hydrogen) atoms. The molecule has 0 bridgehead atoms. The van der Waals surface area contributed by atoms with Crippen molar-refractivity contribution in [2.75, 3.05) is 13.4 Å². The Hall–Kier alpha value is -5.53. The predicted octanol–water partition coefficient (Wildman–Crippen LogP) is 13.2. The Labute approximate surface area is 442 Å². The Morgan fingerprint density at radius 1 is 0.634 bits per heavy atom. The number of carbonyl (C=O) groups is 1. The molecule has 21 heteroatoms. The van der Waals surface area contributed by atoms with Crippen LogP contribution >= 0.6 is 70.0 Å². The lowest BCUT2D eigenvalue weighted by atomic mass is 10.0. The van der Waals surface area contributed by atoms with Crippen LogP contribution in [0.3, 0.4) is 0 Å². The standard InChI is InChI=1S/C13H15ClN2O3S.C13H13ClN2O2S.C12H10Cl2N2.C12H11ClN2O/c1-9(8-20(3,18)19)15-16-10(2)13(17)11-4-6-12(14)7-5-11;1-8-12(10-4-6-11(14)7-5-10)13(19-18-17-3)9(2)16-15-8;1-7-11(12(14)8(2)16-15-7)9-3-5-10(13)6-4-9;1-7-11(12(16)8(2)15-14-7)9-3-5-10(13)6-4-9/h4-8,15H,1-3H3;4-7H,1-3H3;3-6H,1-2H3;3-6H,1-2H3,(H,14,16)/b9-8+,16-10?;;;. The number of ketones is 1.